The number of nitrogens with zero attached hydrogens (tertiary/aromatic N) is 2. The molecule has 0 fully saturated rings. The summed E-state index contributed by atoms with van der Waals surface area (Å²) in [5.41, 5.74) is 1.60. The van der Waals surface area contributed by atoms with Crippen LogP contribution in [0.15, 0.2) is 47.5 Å². The summed E-state index contributed by atoms with van der Waals surface area (Å²) in [6.07, 6.45) is 5.01. The predicted molar refractivity (Wildman–Crippen MR) is 72.1 cm³/mol. The van der Waals surface area contributed by atoms with Gasteiger partial charge in [0.25, 0.3) is 5.91 Å². The summed E-state index contributed by atoms with van der Waals surface area (Å²) in [4.78, 5) is 19.9. The van der Waals surface area contributed by atoms with Crippen LogP contribution in [0.25, 0.3) is 0 Å². The van der Waals surface area contributed by atoms with Gasteiger partial charge >= 0.3 is 0 Å². The van der Waals surface area contributed by atoms with Crippen LogP contribution in [0.4, 0.5) is 0 Å². The fraction of sp³-hybridized carbons (Fsp3) is 0.154. The van der Waals surface area contributed by atoms with Crippen molar-refractivity contribution < 1.29 is 4.79 Å². The van der Waals surface area contributed by atoms with Gasteiger partial charge in [-0.1, -0.05) is 0 Å². The van der Waals surface area contributed by atoms with E-state index < -0.39 is 0 Å². The standard InChI is InChI=1S/C13H12BrN3O/c1-9(10-2-5-15-6-3-10)17-13(18)11-4-7-16-12(14)8-11/h2-9H,1H3,(H,17,18). The van der Waals surface area contributed by atoms with Crippen molar-refractivity contribution in [3.8, 4) is 0 Å². The normalized spacial score (nSPS) is 11.9. The van der Waals surface area contributed by atoms with E-state index in [4.69, 9.17) is 0 Å². The van der Waals surface area contributed by atoms with Crippen molar-refractivity contribution in [3.05, 3.63) is 58.6 Å². The molecule has 0 aliphatic carbocycles. The van der Waals surface area contributed by atoms with E-state index >= 15 is 0 Å². The molecule has 4 nitrogen and oxygen atoms in total. The van der Waals surface area contributed by atoms with Gasteiger partial charge in [-0.3, -0.25) is 9.78 Å². The van der Waals surface area contributed by atoms with Crippen molar-refractivity contribution in [2.75, 3.05) is 0 Å². The summed E-state index contributed by atoms with van der Waals surface area (Å²) in [7, 11) is 0. The molecular formula is C13H12BrN3O. The van der Waals surface area contributed by atoms with E-state index in [0.29, 0.717) is 10.2 Å². The second kappa shape index (κ2) is 5.73. The van der Waals surface area contributed by atoms with Crippen LogP contribution in [-0.2, 0) is 0 Å². The fourth-order valence-electron chi connectivity index (χ4n) is 1.56. The molecule has 0 radical (unpaired) electrons. The Hall–Kier alpha value is -1.75. The van der Waals surface area contributed by atoms with Gasteiger partial charge in [0, 0.05) is 24.2 Å². The molecule has 0 bridgehead atoms. The largest absolute Gasteiger partial charge is 0.346 e. The highest BCUT2D eigenvalue weighted by Crippen LogP contribution is 2.13. The molecule has 0 aliphatic heterocycles. The Kier molecular flexibility index (Phi) is 4.04. The van der Waals surface area contributed by atoms with Crippen molar-refractivity contribution in [1.82, 2.24) is 15.3 Å². The van der Waals surface area contributed by atoms with Crippen LogP contribution in [0, 0.1) is 0 Å². The number of amides is 1. The zero-order valence-corrected chi connectivity index (χ0v) is 11.4. The summed E-state index contributed by atoms with van der Waals surface area (Å²) in [6, 6.07) is 7.07. The average molecular weight is 306 g/mol. The van der Waals surface area contributed by atoms with Crippen molar-refractivity contribution in [1.29, 1.82) is 0 Å². The third kappa shape index (κ3) is 3.13. The third-order valence-electron chi connectivity index (χ3n) is 2.54. The molecule has 1 atom stereocenters. The lowest BCUT2D eigenvalue weighted by Gasteiger charge is -2.14. The maximum absolute atomic E-state index is 12.0. The number of carbonyl (C=O) groups is 1. The highest BCUT2D eigenvalue weighted by Gasteiger charge is 2.11. The van der Waals surface area contributed by atoms with Gasteiger partial charge in [-0.15, -0.1) is 0 Å². The Morgan fingerprint density at radius 3 is 2.67 bits per heavy atom. The van der Waals surface area contributed by atoms with Crippen LogP contribution in [0.1, 0.15) is 28.9 Å². The number of nitrogens with one attached hydrogen (secondary N) is 1. The van der Waals surface area contributed by atoms with Crippen LogP contribution in [-0.4, -0.2) is 15.9 Å². The second-order valence-corrected chi connectivity index (χ2v) is 4.66. The third-order valence-corrected chi connectivity index (χ3v) is 2.98. The van der Waals surface area contributed by atoms with Gasteiger partial charge in [0.15, 0.2) is 0 Å². The van der Waals surface area contributed by atoms with Crippen molar-refractivity contribution in [2.45, 2.75) is 13.0 Å². The molecule has 2 aromatic heterocycles. The second-order valence-electron chi connectivity index (χ2n) is 3.84. The van der Waals surface area contributed by atoms with Gasteiger partial charge in [0.1, 0.15) is 4.60 Å². The predicted octanol–water partition coefficient (Wildman–Crippen LogP) is 2.73. The minimum atomic E-state index is -0.123. The Bertz CT molecular complexity index is 545. The maximum Gasteiger partial charge on any atom is 0.251 e. The molecule has 18 heavy (non-hydrogen) atoms. The molecule has 1 N–H and O–H groups in total. The van der Waals surface area contributed by atoms with Crippen LogP contribution < -0.4 is 5.32 Å². The number of pyridine rings is 2. The van der Waals surface area contributed by atoms with Gasteiger partial charge < -0.3 is 5.32 Å². The molecular weight excluding hydrogens is 294 g/mol. The SMILES string of the molecule is CC(NC(=O)c1ccnc(Br)c1)c1ccncc1. The van der Waals surface area contributed by atoms with E-state index in [1.54, 1.807) is 30.7 Å². The topological polar surface area (TPSA) is 54.9 Å². The van der Waals surface area contributed by atoms with Crippen molar-refractivity contribution >= 4 is 21.8 Å². The lowest BCUT2D eigenvalue weighted by Crippen LogP contribution is -2.26. The zero-order chi connectivity index (χ0) is 13.0. The Morgan fingerprint density at radius 1 is 1.28 bits per heavy atom. The number of aromatic nitrogens is 2. The molecule has 0 aromatic carbocycles. The lowest BCUT2D eigenvalue weighted by molar-refractivity contribution is 0.0939. The molecule has 2 heterocycles. The van der Waals surface area contributed by atoms with E-state index in [0.717, 1.165) is 5.56 Å². The Morgan fingerprint density at radius 2 is 2.00 bits per heavy atom. The fourth-order valence-corrected chi connectivity index (χ4v) is 1.92. The molecule has 92 valence electrons. The quantitative estimate of drug-likeness (QED) is 0.887. The van der Waals surface area contributed by atoms with Crippen LogP contribution in [0.5, 0.6) is 0 Å². The Labute approximate surface area is 114 Å². The minimum absolute atomic E-state index is 0.0626. The molecule has 2 rings (SSSR count). The van der Waals surface area contributed by atoms with Crippen molar-refractivity contribution in [3.63, 3.8) is 0 Å². The number of carbonyl (C=O) groups excluding carboxylic acids is 1. The summed E-state index contributed by atoms with van der Waals surface area (Å²) >= 11 is 3.24. The van der Waals surface area contributed by atoms with Crippen molar-refractivity contribution in [2.24, 2.45) is 0 Å². The van der Waals surface area contributed by atoms with E-state index in [-0.39, 0.29) is 11.9 Å². The maximum atomic E-state index is 12.0. The van der Waals surface area contributed by atoms with E-state index in [2.05, 4.69) is 31.2 Å². The monoisotopic (exact) mass is 305 g/mol. The molecule has 0 saturated carbocycles. The molecule has 1 amide bonds. The van der Waals surface area contributed by atoms with E-state index in [1.807, 2.05) is 19.1 Å². The van der Waals surface area contributed by atoms with Gasteiger partial charge in [-0.2, -0.15) is 0 Å². The zero-order valence-electron chi connectivity index (χ0n) is 9.80. The number of hydrogen-bond donors (Lipinski definition) is 1. The smallest absolute Gasteiger partial charge is 0.251 e. The van der Waals surface area contributed by atoms with Gasteiger partial charge in [-0.05, 0) is 52.7 Å². The van der Waals surface area contributed by atoms with Gasteiger partial charge in [0.05, 0.1) is 6.04 Å². The summed E-state index contributed by atoms with van der Waals surface area (Å²) in [5.74, 6) is -0.123. The van der Waals surface area contributed by atoms with Crippen LogP contribution in [0.2, 0.25) is 0 Å². The summed E-state index contributed by atoms with van der Waals surface area (Å²) in [5, 5.41) is 2.92. The van der Waals surface area contributed by atoms with Crippen LogP contribution in [0.3, 0.4) is 0 Å². The Balaban J connectivity index is 2.08. The highest BCUT2D eigenvalue weighted by molar-refractivity contribution is 9.10. The number of halogens is 1. The summed E-state index contributed by atoms with van der Waals surface area (Å²) < 4.78 is 0.645. The highest BCUT2D eigenvalue weighted by atomic mass is 79.9. The molecule has 0 saturated heterocycles. The molecule has 0 aliphatic rings. The lowest BCUT2D eigenvalue weighted by atomic mass is 10.1. The molecule has 0 spiro atoms. The first-order chi connectivity index (χ1) is 8.66. The number of rotatable bonds is 3. The first-order valence-corrected chi connectivity index (χ1v) is 6.28. The first-order valence-electron chi connectivity index (χ1n) is 5.49. The van der Waals surface area contributed by atoms with E-state index in [1.165, 1.54) is 0 Å². The van der Waals surface area contributed by atoms with Gasteiger partial charge in [-0.25, -0.2) is 4.98 Å². The molecule has 2 aromatic rings. The average Bonchev–Trinajstić information content (AvgIpc) is 2.39. The molecule has 1 unspecified atom stereocenters. The number of hydrogen-bond acceptors (Lipinski definition) is 3. The van der Waals surface area contributed by atoms with Crippen LogP contribution >= 0.6 is 15.9 Å². The summed E-state index contributed by atoms with van der Waals surface area (Å²) in [6.45, 7) is 1.93. The van der Waals surface area contributed by atoms with Gasteiger partial charge in [0.2, 0.25) is 0 Å². The van der Waals surface area contributed by atoms with E-state index in [9.17, 15) is 4.79 Å². The first kappa shape index (κ1) is 12.7. The minimum Gasteiger partial charge on any atom is -0.346 e. The molecule has 5 heteroatoms.